The number of hydrogen-bond donors (Lipinski definition) is 6. The molecule has 3 aliphatic rings. The number of likely N-dealkylation sites (tertiary alicyclic amines) is 1. The standard InChI is InChI=1S/C24H30N4O2.C12H19N3O/c1-24(2,3)21(25)14-22(26-18-11-8-16(15-29)9-12-18)28-23(30)27-20-13-10-17-6-4-5-7-19(17)20;1-14-6-2-3-10(14)7-11-4-5-12(16)8-15(11)9-13/h4-9,11-12,14,20,29H,10,13,15,25H2,1-3H3,(H2,26,27,28,30);4-5,7-8,10,16H,2-3,6,9,13H2,1H3/b21-14-;11-7-/t20-;10-/m00/s1. The van der Waals surface area contributed by atoms with Crippen LogP contribution < -0.4 is 22.1 Å². The van der Waals surface area contributed by atoms with Gasteiger partial charge in [0.15, 0.2) is 0 Å². The van der Waals surface area contributed by atoms with Gasteiger partial charge in [-0.25, -0.2) is 9.79 Å². The van der Waals surface area contributed by atoms with Crippen LogP contribution in [0.5, 0.6) is 0 Å². The van der Waals surface area contributed by atoms with Crippen molar-refractivity contribution in [1.82, 2.24) is 20.4 Å². The molecule has 8 N–H and O–H groups in total. The molecule has 246 valence electrons. The number of urea groups is 1. The van der Waals surface area contributed by atoms with Gasteiger partial charge in [0, 0.05) is 35.1 Å². The first kappa shape index (κ1) is 34.5. The maximum Gasteiger partial charge on any atom is 0.320 e. The second-order valence-electron chi connectivity index (χ2n) is 12.9. The molecule has 2 aliphatic heterocycles. The highest BCUT2D eigenvalue weighted by atomic mass is 16.3. The zero-order valence-electron chi connectivity index (χ0n) is 27.4. The van der Waals surface area contributed by atoms with E-state index in [4.69, 9.17) is 11.5 Å². The van der Waals surface area contributed by atoms with Crippen LogP contribution in [-0.2, 0) is 13.0 Å². The van der Waals surface area contributed by atoms with Crippen LogP contribution in [0.4, 0.5) is 10.5 Å². The molecule has 5 rings (SSSR count). The van der Waals surface area contributed by atoms with Gasteiger partial charge in [0.2, 0.25) is 0 Å². The van der Waals surface area contributed by atoms with Gasteiger partial charge in [0.05, 0.1) is 25.0 Å². The van der Waals surface area contributed by atoms with E-state index in [2.05, 4.69) is 45.8 Å². The number of nitrogens with one attached hydrogen (secondary N) is 2. The van der Waals surface area contributed by atoms with Crippen molar-refractivity contribution in [1.29, 1.82) is 0 Å². The van der Waals surface area contributed by atoms with Gasteiger partial charge in [0.1, 0.15) is 11.6 Å². The molecule has 2 aromatic carbocycles. The van der Waals surface area contributed by atoms with Crippen molar-refractivity contribution in [3.63, 3.8) is 0 Å². The van der Waals surface area contributed by atoms with E-state index in [1.54, 1.807) is 42.6 Å². The molecule has 0 unspecified atom stereocenters. The van der Waals surface area contributed by atoms with Crippen molar-refractivity contribution in [2.24, 2.45) is 21.9 Å². The topological polar surface area (TPSA) is 152 Å². The Bertz CT molecular complexity index is 1500. The molecule has 0 spiro atoms. The zero-order valence-corrected chi connectivity index (χ0v) is 27.4. The summed E-state index contributed by atoms with van der Waals surface area (Å²) >= 11 is 0. The number of aliphatic hydroxyl groups excluding tert-OH is 2. The van der Waals surface area contributed by atoms with E-state index in [1.165, 1.54) is 18.4 Å². The summed E-state index contributed by atoms with van der Waals surface area (Å²) in [6.45, 7) is 7.52. The maximum atomic E-state index is 12.7. The lowest BCUT2D eigenvalue weighted by Gasteiger charge is -2.25. The van der Waals surface area contributed by atoms with E-state index in [0.717, 1.165) is 36.2 Å². The second-order valence-corrected chi connectivity index (χ2v) is 12.9. The SMILES string of the molecule is CC(C)(C)/C(N)=C/C(=Nc1ccc(CO)cc1)NC(=O)N[C@H]1CCc2ccccc21.CN1CCC[C@H]1/C=C1/C=CC(O)=CN1CN. The molecule has 0 radical (unpaired) electrons. The van der Waals surface area contributed by atoms with E-state index >= 15 is 0 Å². The van der Waals surface area contributed by atoms with Gasteiger partial charge >= 0.3 is 6.03 Å². The Kier molecular flexibility index (Phi) is 11.8. The Morgan fingerprint density at radius 1 is 1.11 bits per heavy atom. The number of aliphatic imine (C=N–C) groups is 1. The van der Waals surface area contributed by atoms with Crippen LogP contribution in [0.25, 0.3) is 0 Å². The molecule has 1 fully saturated rings. The van der Waals surface area contributed by atoms with E-state index in [9.17, 15) is 15.0 Å². The van der Waals surface area contributed by atoms with Crippen LogP contribution in [-0.4, -0.2) is 58.2 Å². The lowest BCUT2D eigenvalue weighted by molar-refractivity contribution is 0.241. The molecule has 1 saturated heterocycles. The van der Waals surface area contributed by atoms with Gasteiger partial charge in [-0.1, -0.05) is 57.2 Å². The zero-order chi connectivity index (χ0) is 33.3. The minimum Gasteiger partial charge on any atom is -0.506 e. The van der Waals surface area contributed by atoms with Crippen LogP contribution in [0, 0.1) is 5.41 Å². The van der Waals surface area contributed by atoms with Crippen LogP contribution >= 0.6 is 0 Å². The van der Waals surface area contributed by atoms with Crippen molar-refractivity contribution in [2.45, 2.75) is 65.1 Å². The van der Waals surface area contributed by atoms with Gasteiger partial charge in [-0.15, -0.1) is 0 Å². The first-order valence-corrected chi connectivity index (χ1v) is 15.9. The molecule has 2 amide bonds. The predicted molar refractivity (Wildman–Crippen MR) is 185 cm³/mol. The summed E-state index contributed by atoms with van der Waals surface area (Å²) in [6, 6.07) is 15.5. The lowest BCUT2D eigenvalue weighted by atomic mass is 9.92. The monoisotopic (exact) mass is 627 g/mol. The molecule has 1 aliphatic carbocycles. The third-order valence-electron chi connectivity index (χ3n) is 8.39. The largest absolute Gasteiger partial charge is 0.506 e. The average molecular weight is 628 g/mol. The summed E-state index contributed by atoms with van der Waals surface area (Å²) in [6.07, 6.45) is 13.5. The maximum absolute atomic E-state index is 12.7. The van der Waals surface area contributed by atoms with Crippen LogP contribution in [0.3, 0.4) is 0 Å². The predicted octanol–water partition coefficient (Wildman–Crippen LogP) is 5.24. The molecular weight excluding hydrogens is 578 g/mol. The Morgan fingerprint density at radius 3 is 2.50 bits per heavy atom. The van der Waals surface area contributed by atoms with Crippen molar-refractivity contribution < 1.29 is 15.0 Å². The number of nitrogens with zero attached hydrogens (tertiary/aromatic N) is 3. The number of amides is 2. The van der Waals surface area contributed by atoms with Crippen LogP contribution in [0.2, 0.25) is 0 Å². The summed E-state index contributed by atoms with van der Waals surface area (Å²) in [5.41, 5.74) is 17.2. The Labute approximate surface area is 272 Å². The molecule has 2 heterocycles. The number of hydrogen-bond acceptors (Lipinski definition) is 8. The summed E-state index contributed by atoms with van der Waals surface area (Å²) in [5, 5.41) is 24.5. The van der Waals surface area contributed by atoms with Gasteiger partial charge in [-0.3, -0.25) is 10.2 Å². The van der Waals surface area contributed by atoms with Crippen molar-refractivity contribution >= 4 is 17.6 Å². The van der Waals surface area contributed by atoms with Crippen LogP contribution in [0.15, 0.2) is 101 Å². The van der Waals surface area contributed by atoms with E-state index < -0.39 is 0 Å². The first-order valence-electron chi connectivity index (χ1n) is 15.9. The third-order valence-corrected chi connectivity index (χ3v) is 8.39. The number of carbonyl (C=O) groups excluding carboxylic acids is 1. The highest BCUT2D eigenvalue weighted by molar-refractivity contribution is 6.05. The number of benzene rings is 2. The Hall–Kier alpha value is -4.38. The molecule has 0 aromatic heterocycles. The average Bonchev–Trinajstić information content (AvgIpc) is 3.63. The molecular formula is C36H49N7O3. The minimum absolute atomic E-state index is 0.0183. The van der Waals surface area contributed by atoms with Crippen molar-refractivity contribution in [2.75, 3.05) is 20.3 Å². The summed E-state index contributed by atoms with van der Waals surface area (Å²) in [5.74, 6) is 0.616. The van der Waals surface area contributed by atoms with Gasteiger partial charge in [-0.05, 0) is 86.3 Å². The fourth-order valence-corrected chi connectivity index (χ4v) is 5.49. The number of amidine groups is 1. The number of rotatable bonds is 6. The molecule has 0 saturated carbocycles. The molecule has 2 aromatic rings. The summed E-state index contributed by atoms with van der Waals surface area (Å²) in [4.78, 5) is 21.5. The van der Waals surface area contributed by atoms with Crippen molar-refractivity contribution in [3.8, 4) is 0 Å². The first-order chi connectivity index (χ1) is 22.0. The highest BCUT2D eigenvalue weighted by Crippen LogP contribution is 2.30. The normalized spacial score (nSPS) is 21.0. The fraction of sp³-hybridized carbons (Fsp3) is 0.389. The van der Waals surface area contributed by atoms with Crippen LogP contribution in [0.1, 0.15) is 62.8 Å². The minimum atomic E-state index is -0.319. The van der Waals surface area contributed by atoms with E-state index in [0.29, 0.717) is 29.9 Å². The van der Waals surface area contributed by atoms with Gasteiger partial charge < -0.3 is 31.9 Å². The number of allylic oxidation sites excluding steroid dienone is 3. The highest BCUT2D eigenvalue weighted by Gasteiger charge is 2.24. The smallest absolute Gasteiger partial charge is 0.320 e. The Morgan fingerprint density at radius 2 is 1.85 bits per heavy atom. The van der Waals surface area contributed by atoms with E-state index in [-0.39, 0.29) is 29.9 Å². The number of fused-ring (bicyclic) bond motifs is 1. The quantitative estimate of drug-likeness (QED) is 0.189. The molecule has 0 bridgehead atoms. The third kappa shape index (κ3) is 9.56. The number of carbonyl (C=O) groups is 1. The molecule has 10 nitrogen and oxygen atoms in total. The lowest BCUT2D eigenvalue weighted by Crippen LogP contribution is -2.40. The number of nitrogens with two attached hydrogens (primary N) is 2. The number of likely N-dealkylation sites (N-methyl/N-ethyl adjacent to an activating group) is 1. The van der Waals surface area contributed by atoms with E-state index in [1.807, 2.05) is 43.9 Å². The second kappa shape index (κ2) is 15.8. The van der Waals surface area contributed by atoms with Gasteiger partial charge in [-0.2, -0.15) is 0 Å². The summed E-state index contributed by atoms with van der Waals surface area (Å²) in [7, 11) is 2.14. The molecule has 46 heavy (non-hydrogen) atoms. The van der Waals surface area contributed by atoms with Crippen molar-refractivity contribution in [3.05, 3.63) is 113 Å². The molecule has 2 atom stereocenters. The molecule has 10 heteroatoms. The fourth-order valence-electron chi connectivity index (χ4n) is 5.49. The number of aryl methyl sites for hydroxylation is 1. The Balaban J connectivity index is 0.000000252. The van der Waals surface area contributed by atoms with Gasteiger partial charge in [0.25, 0.3) is 0 Å². The summed E-state index contributed by atoms with van der Waals surface area (Å²) < 4.78 is 0. The number of aliphatic hydroxyl groups is 2.